The number of rotatable bonds is 8. The Hall–Kier alpha value is -3.74. The number of carbonyl (C=O) groups is 3. The molecular weight excluding hydrogens is 416 g/mol. The molecule has 7 heteroatoms. The maximum absolute atomic E-state index is 12.9. The van der Waals surface area contributed by atoms with Crippen LogP contribution >= 0.6 is 0 Å². The number of nitrogens with zero attached hydrogens (tertiary/aromatic N) is 2. The standard InChI is InChI=1S/C26H30N4O3/c1-4-30(5-2)25(32)12-8-11-24(31)28-29-26(33)21-17-23(19-15-13-18(3)14-16-19)27-22-10-7-6-9-20(21)22/h6-7,9-10,13-17H,4-5,8,11-12H2,1-3H3,(H,28,31)(H,29,33). The highest BCUT2D eigenvalue weighted by Crippen LogP contribution is 2.25. The molecule has 2 N–H and O–H groups in total. The van der Waals surface area contributed by atoms with Gasteiger partial charge in [0.25, 0.3) is 5.91 Å². The van der Waals surface area contributed by atoms with Gasteiger partial charge in [-0.1, -0.05) is 48.0 Å². The number of benzene rings is 2. The number of fused-ring (bicyclic) bond motifs is 1. The highest BCUT2D eigenvalue weighted by atomic mass is 16.2. The first kappa shape index (κ1) is 23.9. The van der Waals surface area contributed by atoms with E-state index in [1.54, 1.807) is 11.0 Å². The maximum Gasteiger partial charge on any atom is 0.270 e. The van der Waals surface area contributed by atoms with Gasteiger partial charge in [0.1, 0.15) is 0 Å². The Kier molecular flexibility index (Phi) is 8.13. The van der Waals surface area contributed by atoms with Crippen molar-refractivity contribution in [2.24, 2.45) is 0 Å². The van der Waals surface area contributed by atoms with Crippen molar-refractivity contribution >= 4 is 28.6 Å². The number of para-hydroxylation sites is 1. The molecule has 3 aromatic rings. The van der Waals surface area contributed by atoms with Gasteiger partial charge in [0.05, 0.1) is 16.8 Å². The van der Waals surface area contributed by atoms with E-state index in [4.69, 9.17) is 4.98 Å². The van der Waals surface area contributed by atoms with Crippen molar-refractivity contribution in [3.8, 4) is 11.3 Å². The molecule has 0 aliphatic rings. The second-order valence-electron chi connectivity index (χ2n) is 7.86. The van der Waals surface area contributed by atoms with E-state index >= 15 is 0 Å². The molecule has 0 saturated heterocycles. The molecule has 3 amide bonds. The smallest absolute Gasteiger partial charge is 0.270 e. The molecule has 1 heterocycles. The number of amides is 3. The van der Waals surface area contributed by atoms with Crippen molar-refractivity contribution < 1.29 is 14.4 Å². The average molecular weight is 447 g/mol. The van der Waals surface area contributed by atoms with Crippen LogP contribution in [-0.4, -0.2) is 40.7 Å². The summed E-state index contributed by atoms with van der Waals surface area (Å²) in [6.07, 6.45) is 0.879. The number of aromatic nitrogens is 1. The lowest BCUT2D eigenvalue weighted by molar-refractivity contribution is -0.131. The van der Waals surface area contributed by atoms with Crippen LogP contribution in [0.25, 0.3) is 22.2 Å². The zero-order valence-electron chi connectivity index (χ0n) is 19.4. The summed E-state index contributed by atoms with van der Waals surface area (Å²) in [5.74, 6) is -0.730. The lowest BCUT2D eigenvalue weighted by Crippen LogP contribution is -2.41. The number of hydrogen-bond donors (Lipinski definition) is 2. The maximum atomic E-state index is 12.9. The number of aryl methyl sites for hydroxylation is 1. The third-order valence-corrected chi connectivity index (χ3v) is 5.53. The molecule has 3 rings (SSSR count). The van der Waals surface area contributed by atoms with Crippen molar-refractivity contribution in [1.82, 2.24) is 20.7 Å². The summed E-state index contributed by atoms with van der Waals surface area (Å²) in [5.41, 5.74) is 8.80. The number of hydrazine groups is 1. The van der Waals surface area contributed by atoms with E-state index in [1.807, 2.05) is 69.3 Å². The highest BCUT2D eigenvalue weighted by Gasteiger charge is 2.15. The largest absolute Gasteiger partial charge is 0.343 e. The lowest BCUT2D eigenvalue weighted by atomic mass is 10.0. The summed E-state index contributed by atoms with van der Waals surface area (Å²) < 4.78 is 0. The van der Waals surface area contributed by atoms with Gasteiger partial charge in [-0.05, 0) is 39.3 Å². The van der Waals surface area contributed by atoms with E-state index in [2.05, 4.69) is 10.9 Å². The Morgan fingerprint density at radius 2 is 1.61 bits per heavy atom. The molecule has 0 spiro atoms. The van der Waals surface area contributed by atoms with Crippen LogP contribution in [0.1, 0.15) is 49.0 Å². The van der Waals surface area contributed by atoms with Crippen LogP contribution < -0.4 is 10.9 Å². The number of pyridine rings is 1. The van der Waals surface area contributed by atoms with Gasteiger partial charge in [-0.3, -0.25) is 25.2 Å². The normalized spacial score (nSPS) is 10.6. The van der Waals surface area contributed by atoms with Gasteiger partial charge in [0.15, 0.2) is 0 Å². The quantitative estimate of drug-likeness (QED) is 0.512. The van der Waals surface area contributed by atoms with Gasteiger partial charge in [-0.2, -0.15) is 0 Å². The summed E-state index contributed by atoms with van der Waals surface area (Å²) in [6, 6.07) is 17.1. The van der Waals surface area contributed by atoms with Crippen LogP contribution in [0, 0.1) is 6.92 Å². The van der Waals surface area contributed by atoms with Crippen LogP contribution in [0.2, 0.25) is 0 Å². The molecule has 0 radical (unpaired) electrons. The fourth-order valence-corrected chi connectivity index (χ4v) is 3.63. The van der Waals surface area contributed by atoms with Crippen LogP contribution in [0.15, 0.2) is 54.6 Å². The minimum atomic E-state index is -0.422. The number of hydrogen-bond acceptors (Lipinski definition) is 4. The van der Waals surface area contributed by atoms with Crippen LogP contribution in [0.4, 0.5) is 0 Å². The monoisotopic (exact) mass is 446 g/mol. The summed E-state index contributed by atoms with van der Waals surface area (Å²) in [5, 5.41) is 0.699. The zero-order valence-corrected chi connectivity index (χ0v) is 19.4. The zero-order chi connectivity index (χ0) is 23.8. The molecular formula is C26H30N4O3. The minimum absolute atomic E-state index is 0.0312. The van der Waals surface area contributed by atoms with Gasteiger partial charge in [-0.15, -0.1) is 0 Å². The first-order valence-corrected chi connectivity index (χ1v) is 11.3. The van der Waals surface area contributed by atoms with Crippen LogP contribution in [-0.2, 0) is 9.59 Å². The molecule has 2 aromatic carbocycles. The van der Waals surface area contributed by atoms with Gasteiger partial charge in [-0.25, -0.2) is 4.98 Å². The molecule has 0 unspecified atom stereocenters. The Bertz CT molecular complexity index is 1140. The Labute approximate surface area is 194 Å². The van der Waals surface area contributed by atoms with Crippen molar-refractivity contribution in [3.05, 3.63) is 65.7 Å². The van der Waals surface area contributed by atoms with Crippen LogP contribution in [0.3, 0.4) is 0 Å². The summed E-state index contributed by atoms with van der Waals surface area (Å²) in [6.45, 7) is 7.18. The van der Waals surface area contributed by atoms with Crippen molar-refractivity contribution in [1.29, 1.82) is 0 Å². The first-order chi connectivity index (χ1) is 15.9. The Morgan fingerprint density at radius 3 is 2.30 bits per heavy atom. The summed E-state index contributed by atoms with van der Waals surface area (Å²) in [7, 11) is 0. The Balaban J connectivity index is 1.67. The SMILES string of the molecule is CCN(CC)C(=O)CCCC(=O)NNC(=O)c1cc(-c2ccc(C)cc2)nc2ccccc12. The van der Waals surface area contributed by atoms with Gasteiger partial charge in [0, 0.05) is 36.9 Å². The predicted octanol–water partition coefficient (Wildman–Crippen LogP) is 4.01. The number of nitrogens with one attached hydrogen (secondary N) is 2. The third-order valence-electron chi connectivity index (χ3n) is 5.53. The minimum Gasteiger partial charge on any atom is -0.343 e. The van der Waals surface area contributed by atoms with E-state index in [0.717, 1.165) is 11.1 Å². The fourth-order valence-electron chi connectivity index (χ4n) is 3.63. The van der Waals surface area contributed by atoms with Crippen molar-refractivity contribution in [3.63, 3.8) is 0 Å². The molecule has 0 saturated carbocycles. The van der Waals surface area contributed by atoms with E-state index in [9.17, 15) is 14.4 Å². The summed E-state index contributed by atoms with van der Waals surface area (Å²) in [4.78, 5) is 43.6. The topological polar surface area (TPSA) is 91.4 Å². The molecule has 0 aliphatic heterocycles. The first-order valence-electron chi connectivity index (χ1n) is 11.3. The molecule has 0 fully saturated rings. The molecule has 0 aliphatic carbocycles. The van der Waals surface area contributed by atoms with Gasteiger partial charge in [0.2, 0.25) is 11.8 Å². The average Bonchev–Trinajstić information content (AvgIpc) is 2.83. The third kappa shape index (κ3) is 6.16. The lowest BCUT2D eigenvalue weighted by Gasteiger charge is -2.18. The predicted molar refractivity (Wildman–Crippen MR) is 129 cm³/mol. The van der Waals surface area contributed by atoms with Crippen molar-refractivity contribution in [2.75, 3.05) is 13.1 Å². The molecule has 7 nitrogen and oxygen atoms in total. The molecule has 172 valence electrons. The summed E-state index contributed by atoms with van der Waals surface area (Å²) >= 11 is 0. The highest BCUT2D eigenvalue weighted by molar-refractivity contribution is 6.07. The van der Waals surface area contributed by atoms with E-state index in [-0.39, 0.29) is 18.2 Å². The Morgan fingerprint density at radius 1 is 0.909 bits per heavy atom. The van der Waals surface area contributed by atoms with Gasteiger partial charge < -0.3 is 4.90 Å². The van der Waals surface area contributed by atoms with E-state index in [0.29, 0.717) is 48.1 Å². The molecule has 33 heavy (non-hydrogen) atoms. The van der Waals surface area contributed by atoms with Gasteiger partial charge >= 0.3 is 0 Å². The van der Waals surface area contributed by atoms with E-state index < -0.39 is 5.91 Å². The molecule has 0 atom stereocenters. The second kappa shape index (κ2) is 11.2. The second-order valence-corrected chi connectivity index (χ2v) is 7.86. The fraction of sp³-hybridized carbons (Fsp3) is 0.308. The van der Waals surface area contributed by atoms with Crippen molar-refractivity contribution in [2.45, 2.75) is 40.0 Å². The molecule has 0 bridgehead atoms. The molecule has 1 aromatic heterocycles. The van der Waals surface area contributed by atoms with E-state index in [1.165, 1.54) is 0 Å². The number of carbonyl (C=O) groups excluding carboxylic acids is 3. The van der Waals surface area contributed by atoms with Crippen LogP contribution in [0.5, 0.6) is 0 Å².